The molecule has 96 valence electrons. The van der Waals surface area contributed by atoms with Gasteiger partial charge in [0.05, 0.1) is 11.6 Å². The molecule has 0 aliphatic heterocycles. The first kappa shape index (κ1) is 14.2. The van der Waals surface area contributed by atoms with Crippen LogP contribution in [0.25, 0.3) is 0 Å². The van der Waals surface area contributed by atoms with Gasteiger partial charge in [0.15, 0.2) is 0 Å². The van der Waals surface area contributed by atoms with Gasteiger partial charge in [-0.3, -0.25) is 4.79 Å². The molecule has 0 aliphatic carbocycles. The molecule has 0 saturated carbocycles. The summed E-state index contributed by atoms with van der Waals surface area (Å²) in [5.41, 5.74) is 0.957. The van der Waals surface area contributed by atoms with Crippen LogP contribution in [0.4, 0.5) is 0 Å². The van der Waals surface area contributed by atoms with Gasteiger partial charge in [-0.25, -0.2) is 0 Å². The molecule has 2 N–H and O–H groups in total. The Morgan fingerprint density at radius 2 is 2.06 bits per heavy atom. The highest BCUT2D eigenvalue weighted by molar-refractivity contribution is 5.94. The summed E-state index contributed by atoms with van der Waals surface area (Å²) in [7, 11) is 0. The Hall–Kier alpha value is -1.86. The molecule has 1 aromatic carbocycles. The Balaban J connectivity index is 2.46. The Bertz CT molecular complexity index is 420. The lowest BCUT2D eigenvalue weighted by molar-refractivity contribution is 0.0758. The average Bonchev–Trinajstić information content (AvgIpc) is 2.39. The molecule has 0 heterocycles. The highest BCUT2D eigenvalue weighted by Gasteiger charge is 2.10. The third-order valence-electron chi connectivity index (χ3n) is 2.66. The van der Waals surface area contributed by atoms with Crippen LogP contribution in [0.5, 0.6) is 0 Å². The van der Waals surface area contributed by atoms with Crippen LogP contribution < -0.4 is 5.32 Å². The minimum Gasteiger partial charge on any atom is -0.374 e. The maximum atomic E-state index is 11.7. The molecule has 1 amide bonds. The molecule has 0 saturated heterocycles. The second-order valence-corrected chi connectivity index (χ2v) is 4.17. The summed E-state index contributed by atoms with van der Waals surface area (Å²) >= 11 is 0. The number of hydrogen-bond acceptors (Lipinski definition) is 3. The molecular formula is C14H18N2O2. The van der Waals surface area contributed by atoms with E-state index >= 15 is 0 Å². The van der Waals surface area contributed by atoms with Crippen LogP contribution in [0.2, 0.25) is 0 Å². The Morgan fingerprint density at radius 3 is 2.61 bits per heavy atom. The van der Waals surface area contributed by atoms with E-state index in [1.807, 2.05) is 6.07 Å². The summed E-state index contributed by atoms with van der Waals surface area (Å²) in [5, 5.41) is 20.8. The number of carbonyl (C=O) groups is 1. The minimum absolute atomic E-state index is 0.316. The minimum atomic E-state index is -0.806. The van der Waals surface area contributed by atoms with Gasteiger partial charge in [-0.05, 0) is 37.1 Å². The SMILES string of the molecule is CCCCCC(O)NC(=O)c1ccc(C#N)cc1. The van der Waals surface area contributed by atoms with Crippen LogP contribution in [-0.2, 0) is 0 Å². The summed E-state index contributed by atoms with van der Waals surface area (Å²) in [6.07, 6.45) is 2.78. The highest BCUT2D eigenvalue weighted by atomic mass is 16.3. The molecule has 0 fully saturated rings. The number of amides is 1. The molecule has 1 atom stereocenters. The van der Waals surface area contributed by atoms with Gasteiger partial charge in [0.1, 0.15) is 6.23 Å². The van der Waals surface area contributed by atoms with Crippen molar-refractivity contribution in [2.75, 3.05) is 0 Å². The summed E-state index contributed by atoms with van der Waals surface area (Å²) in [4.78, 5) is 11.7. The molecule has 0 spiro atoms. The maximum absolute atomic E-state index is 11.7. The van der Waals surface area contributed by atoms with E-state index in [0.717, 1.165) is 19.3 Å². The first-order valence-electron chi connectivity index (χ1n) is 6.16. The quantitative estimate of drug-likeness (QED) is 0.597. The van der Waals surface area contributed by atoms with Gasteiger partial charge in [-0.1, -0.05) is 19.8 Å². The van der Waals surface area contributed by atoms with Gasteiger partial charge < -0.3 is 10.4 Å². The number of unbranched alkanes of at least 4 members (excludes halogenated alkanes) is 2. The Kier molecular flexibility index (Phi) is 5.89. The zero-order valence-corrected chi connectivity index (χ0v) is 10.5. The van der Waals surface area contributed by atoms with Crippen molar-refractivity contribution in [3.63, 3.8) is 0 Å². The van der Waals surface area contributed by atoms with Gasteiger partial charge in [0.2, 0.25) is 0 Å². The van der Waals surface area contributed by atoms with Gasteiger partial charge in [-0.2, -0.15) is 5.26 Å². The van der Waals surface area contributed by atoms with Crippen LogP contribution >= 0.6 is 0 Å². The third kappa shape index (κ3) is 4.56. The summed E-state index contributed by atoms with van der Waals surface area (Å²) in [6.45, 7) is 2.09. The zero-order valence-electron chi connectivity index (χ0n) is 10.5. The average molecular weight is 246 g/mol. The number of benzene rings is 1. The number of hydrogen-bond donors (Lipinski definition) is 2. The smallest absolute Gasteiger partial charge is 0.253 e. The third-order valence-corrected chi connectivity index (χ3v) is 2.66. The van der Waals surface area contributed by atoms with E-state index < -0.39 is 6.23 Å². The molecular weight excluding hydrogens is 228 g/mol. The molecule has 0 radical (unpaired) electrons. The number of carbonyl (C=O) groups excluding carboxylic acids is 1. The lowest BCUT2D eigenvalue weighted by Gasteiger charge is -2.12. The summed E-state index contributed by atoms with van der Waals surface area (Å²) in [5.74, 6) is -0.316. The second kappa shape index (κ2) is 7.46. The van der Waals surface area contributed by atoms with E-state index in [9.17, 15) is 9.90 Å². The van der Waals surface area contributed by atoms with Gasteiger partial charge in [0, 0.05) is 5.56 Å². The number of nitrogens with one attached hydrogen (secondary N) is 1. The van der Waals surface area contributed by atoms with E-state index in [0.29, 0.717) is 17.5 Å². The summed E-state index contributed by atoms with van der Waals surface area (Å²) < 4.78 is 0. The van der Waals surface area contributed by atoms with Crippen LogP contribution in [-0.4, -0.2) is 17.2 Å². The monoisotopic (exact) mass is 246 g/mol. The molecule has 18 heavy (non-hydrogen) atoms. The van der Waals surface area contributed by atoms with Crippen LogP contribution in [0, 0.1) is 11.3 Å². The normalized spacial score (nSPS) is 11.6. The summed E-state index contributed by atoms with van der Waals surface area (Å²) in [6, 6.07) is 8.30. The zero-order chi connectivity index (χ0) is 13.4. The fourth-order valence-electron chi connectivity index (χ4n) is 1.59. The molecule has 1 aromatic rings. The van der Waals surface area contributed by atoms with Crippen LogP contribution in [0.1, 0.15) is 48.5 Å². The first-order valence-corrected chi connectivity index (χ1v) is 6.16. The number of aliphatic hydroxyl groups excluding tert-OH is 1. The Morgan fingerprint density at radius 1 is 1.39 bits per heavy atom. The number of rotatable bonds is 6. The second-order valence-electron chi connectivity index (χ2n) is 4.17. The van der Waals surface area contributed by atoms with Crippen molar-refractivity contribution in [1.82, 2.24) is 5.32 Å². The molecule has 0 aliphatic rings. The van der Waals surface area contributed by atoms with E-state index in [1.165, 1.54) is 0 Å². The Labute approximate surface area is 107 Å². The van der Waals surface area contributed by atoms with Crippen molar-refractivity contribution in [3.05, 3.63) is 35.4 Å². The van der Waals surface area contributed by atoms with Crippen molar-refractivity contribution in [1.29, 1.82) is 5.26 Å². The van der Waals surface area contributed by atoms with Gasteiger partial charge in [-0.15, -0.1) is 0 Å². The maximum Gasteiger partial charge on any atom is 0.253 e. The molecule has 1 unspecified atom stereocenters. The predicted molar refractivity (Wildman–Crippen MR) is 68.8 cm³/mol. The van der Waals surface area contributed by atoms with Crippen molar-refractivity contribution in [2.45, 2.75) is 38.8 Å². The standard InChI is InChI=1S/C14H18N2O2/c1-2-3-4-5-13(17)16-14(18)12-8-6-11(10-15)7-9-12/h6-9,13,17H,2-5H2,1H3,(H,16,18). The molecule has 0 aromatic heterocycles. The largest absolute Gasteiger partial charge is 0.374 e. The fraction of sp³-hybridized carbons (Fsp3) is 0.429. The lowest BCUT2D eigenvalue weighted by atomic mass is 10.1. The van der Waals surface area contributed by atoms with Crippen LogP contribution in [0.15, 0.2) is 24.3 Å². The number of aliphatic hydroxyl groups is 1. The topological polar surface area (TPSA) is 73.1 Å². The van der Waals surface area contributed by atoms with Crippen molar-refractivity contribution in [3.8, 4) is 6.07 Å². The van der Waals surface area contributed by atoms with E-state index in [2.05, 4.69) is 12.2 Å². The molecule has 0 bridgehead atoms. The molecule has 4 heteroatoms. The van der Waals surface area contributed by atoms with Crippen molar-refractivity contribution in [2.24, 2.45) is 0 Å². The first-order chi connectivity index (χ1) is 8.67. The number of nitrogens with zero attached hydrogens (tertiary/aromatic N) is 1. The van der Waals surface area contributed by atoms with Gasteiger partial charge in [0.25, 0.3) is 5.91 Å². The fourth-order valence-corrected chi connectivity index (χ4v) is 1.59. The van der Waals surface area contributed by atoms with E-state index in [4.69, 9.17) is 5.26 Å². The van der Waals surface area contributed by atoms with Crippen molar-refractivity contribution >= 4 is 5.91 Å². The lowest BCUT2D eigenvalue weighted by Crippen LogP contribution is -2.34. The molecule has 4 nitrogen and oxygen atoms in total. The molecule has 1 rings (SSSR count). The number of nitriles is 1. The van der Waals surface area contributed by atoms with E-state index in [-0.39, 0.29) is 5.91 Å². The highest BCUT2D eigenvalue weighted by Crippen LogP contribution is 2.05. The predicted octanol–water partition coefficient (Wildman–Crippen LogP) is 2.19. The van der Waals surface area contributed by atoms with Crippen LogP contribution in [0.3, 0.4) is 0 Å². The van der Waals surface area contributed by atoms with E-state index in [1.54, 1.807) is 24.3 Å². The van der Waals surface area contributed by atoms with Gasteiger partial charge >= 0.3 is 0 Å². The van der Waals surface area contributed by atoms with Crippen molar-refractivity contribution < 1.29 is 9.90 Å².